The van der Waals surface area contributed by atoms with Gasteiger partial charge in [0.05, 0.1) is 5.52 Å². The van der Waals surface area contributed by atoms with E-state index in [0.29, 0.717) is 9.86 Å². The molecule has 1 heterocycles. The average Bonchev–Trinajstić information content (AvgIpc) is 2.48. The SMILES string of the molecule is FC(F)(F)Oc1cc(Br)c2[nH]ccc2c1. The molecular weight excluding hydrogens is 275 g/mol. The maximum atomic E-state index is 12.0. The summed E-state index contributed by atoms with van der Waals surface area (Å²) in [6.07, 6.45) is -3.02. The summed E-state index contributed by atoms with van der Waals surface area (Å²) in [6, 6.07) is 4.26. The molecule has 1 N–H and O–H groups in total. The van der Waals surface area contributed by atoms with Crippen LogP contribution in [0.25, 0.3) is 10.9 Å². The van der Waals surface area contributed by atoms with Crippen molar-refractivity contribution in [3.63, 3.8) is 0 Å². The highest BCUT2D eigenvalue weighted by atomic mass is 79.9. The van der Waals surface area contributed by atoms with E-state index >= 15 is 0 Å². The van der Waals surface area contributed by atoms with Crippen molar-refractivity contribution in [2.75, 3.05) is 0 Å². The van der Waals surface area contributed by atoms with Crippen LogP contribution in [0.4, 0.5) is 13.2 Å². The summed E-state index contributed by atoms with van der Waals surface area (Å²) < 4.78 is 40.2. The minimum absolute atomic E-state index is 0.235. The Balaban J connectivity index is 2.45. The molecule has 1 aromatic heterocycles. The summed E-state index contributed by atoms with van der Waals surface area (Å²) in [5, 5.41) is 0.656. The van der Waals surface area contributed by atoms with Crippen LogP contribution in [0.2, 0.25) is 0 Å². The summed E-state index contributed by atoms with van der Waals surface area (Å²) in [6.45, 7) is 0. The molecule has 0 aliphatic rings. The van der Waals surface area contributed by atoms with E-state index in [4.69, 9.17) is 0 Å². The van der Waals surface area contributed by atoms with Crippen molar-refractivity contribution in [2.24, 2.45) is 0 Å². The Morgan fingerprint density at radius 2 is 2.00 bits per heavy atom. The first-order valence-electron chi connectivity index (χ1n) is 3.98. The van der Waals surface area contributed by atoms with Gasteiger partial charge in [-0.2, -0.15) is 0 Å². The van der Waals surface area contributed by atoms with Gasteiger partial charge in [0.2, 0.25) is 0 Å². The van der Waals surface area contributed by atoms with Gasteiger partial charge in [0.1, 0.15) is 5.75 Å². The summed E-state index contributed by atoms with van der Waals surface area (Å²) >= 11 is 3.16. The van der Waals surface area contributed by atoms with Crippen molar-refractivity contribution < 1.29 is 17.9 Å². The molecule has 0 aliphatic heterocycles. The second-order valence-electron chi connectivity index (χ2n) is 2.89. The number of ether oxygens (including phenoxy) is 1. The lowest BCUT2D eigenvalue weighted by Gasteiger charge is -2.09. The molecule has 0 fully saturated rings. The molecule has 0 amide bonds. The molecule has 6 heteroatoms. The van der Waals surface area contributed by atoms with E-state index in [1.807, 2.05) is 0 Å². The van der Waals surface area contributed by atoms with Crippen molar-refractivity contribution in [3.05, 3.63) is 28.9 Å². The monoisotopic (exact) mass is 279 g/mol. The normalized spacial score (nSPS) is 12.0. The molecule has 0 saturated carbocycles. The lowest BCUT2D eigenvalue weighted by atomic mass is 10.2. The Morgan fingerprint density at radius 3 is 2.67 bits per heavy atom. The third-order valence-electron chi connectivity index (χ3n) is 1.82. The number of hydrogen-bond acceptors (Lipinski definition) is 1. The zero-order valence-corrected chi connectivity index (χ0v) is 8.82. The Bertz CT molecular complexity index is 492. The van der Waals surface area contributed by atoms with E-state index in [1.54, 1.807) is 12.3 Å². The quantitative estimate of drug-likeness (QED) is 0.843. The molecule has 15 heavy (non-hydrogen) atoms. The fourth-order valence-corrected chi connectivity index (χ4v) is 1.86. The lowest BCUT2D eigenvalue weighted by molar-refractivity contribution is -0.274. The van der Waals surface area contributed by atoms with Crippen LogP contribution in [0.15, 0.2) is 28.9 Å². The number of H-pyrrole nitrogens is 1. The third-order valence-corrected chi connectivity index (χ3v) is 2.44. The van der Waals surface area contributed by atoms with Gasteiger partial charge in [0.25, 0.3) is 0 Å². The first-order chi connectivity index (χ1) is 6.96. The minimum Gasteiger partial charge on any atom is -0.406 e. The van der Waals surface area contributed by atoms with Crippen molar-refractivity contribution >= 4 is 26.8 Å². The molecule has 0 radical (unpaired) electrons. The summed E-state index contributed by atoms with van der Waals surface area (Å²) in [5.41, 5.74) is 0.740. The number of aromatic amines is 1. The topological polar surface area (TPSA) is 25.0 Å². The van der Waals surface area contributed by atoms with E-state index in [0.717, 1.165) is 5.52 Å². The largest absolute Gasteiger partial charge is 0.573 e. The van der Waals surface area contributed by atoms with Gasteiger partial charge in [0.15, 0.2) is 0 Å². The molecule has 2 rings (SSSR count). The Morgan fingerprint density at radius 1 is 1.27 bits per heavy atom. The standard InChI is InChI=1S/C9H5BrF3NO/c10-7-4-6(15-9(11,12)13)3-5-1-2-14-8(5)7/h1-4,14H. The van der Waals surface area contributed by atoms with Gasteiger partial charge in [-0.3, -0.25) is 0 Å². The maximum absolute atomic E-state index is 12.0. The molecule has 80 valence electrons. The minimum atomic E-state index is -4.66. The summed E-state index contributed by atoms with van der Waals surface area (Å²) in [7, 11) is 0. The number of halogens is 4. The second kappa shape index (κ2) is 3.44. The van der Waals surface area contributed by atoms with Crippen LogP contribution < -0.4 is 4.74 Å². The first kappa shape index (κ1) is 10.4. The predicted octanol–water partition coefficient (Wildman–Crippen LogP) is 3.83. The average molecular weight is 280 g/mol. The van der Waals surface area contributed by atoms with Crippen molar-refractivity contribution in [3.8, 4) is 5.75 Å². The maximum Gasteiger partial charge on any atom is 0.573 e. The Hall–Kier alpha value is -1.17. The van der Waals surface area contributed by atoms with Gasteiger partial charge in [-0.25, -0.2) is 0 Å². The van der Waals surface area contributed by atoms with Crippen LogP contribution in [0, 0.1) is 0 Å². The molecule has 1 aromatic carbocycles. The fourth-order valence-electron chi connectivity index (χ4n) is 1.29. The molecule has 0 bridgehead atoms. The van der Waals surface area contributed by atoms with Gasteiger partial charge in [-0.15, -0.1) is 13.2 Å². The van der Waals surface area contributed by atoms with E-state index in [-0.39, 0.29) is 5.75 Å². The van der Waals surface area contributed by atoms with Gasteiger partial charge in [0, 0.05) is 16.1 Å². The van der Waals surface area contributed by atoms with Gasteiger partial charge in [-0.05, 0) is 34.1 Å². The highest BCUT2D eigenvalue weighted by molar-refractivity contribution is 9.10. The van der Waals surface area contributed by atoms with Gasteiger partial charge in [-0.1, -0.05) is 0 Å². The number of alkyl halides is 3. The fraction of sp³-hybridized carbons (Fsp3) is 0.111. The molecule has 0 saturated heterocycles. The van der Waals surface area contributed by atoms with Crippen LogP contribution in [0.3, 0.4) is 0 Å². The van der Waals surface area contributed by atoms with Crippen LogP contribution >= 0.6 is 15.9 Å². The highest BCUT2D eigenvalue weighted by Gasteiger charge is 2.31. The van der Waals surface area contributed by atoms with E-state index in [1.165, 1.54) is 12.1 Å². The molecule has 0 aliphatic carbocycles. The van der Waals surface area contributed by atoms with Gasteiger partial charge >= 0.3 is 6.36 Å². The number of benzene rings is 1. The van der Waals surface area contributed by atoms with Crippen LogP contribution in [-0.4, -0.2) is 11.3 Å². The lowest BCUT2D eigenvalue weighted by Crippen LogP contribution is -2.17. The zero-order valence-electron chi connectivity index (χ0n) is 7.23. The second-order valence-corrected chi connectivity index (χ2v) is 3.75. The van der Waals surface area contributed by atoms with E-state index in [2.05, 4.69) is 25.7 Å². The van der Waals surface area contributed by atoms with Crippen molar-refractivity contribution in [1.82, 2.24) is 4.98 Å². The third kappa shape index (κ3) is 2.26. The Kier molecular flexibility index (Phi) is 2.38. The Labute approximate surface area is 91.2 Å². The van der Waals surface area contributed by atoms with Crippen LogP contribution in [-0.2, 0) is 0 Å². The van der Waals surface area contributed by atoms with E-state index < -0.39 is 6.36 Å². The number of fused-ring (bicyclic) bond motifs is 1. The number of aromatic nitrogens is 1. The van der Waals surface area contributed by atoms with Crippen molar-refractivity contribution in [2.45, 2.75) is 6.36 Å². The molecule has 2 nitrogen and oxygen atoms in total. The molecule has 2 aromatic rings. The number of hydrogen-bond donors (Lipinski definition) is 1. The summed E-state index contributed by atoms with van der Waals surface area (Å²) in [5.74, 6) is -0.235. The zero-order chi connectivity index (χ0) is 11.1. The summed E-state index contributed by atoms with van der Waals surface area (Å²) in [4.78, 5) is 2.89. The van der Waals surface area contributed by atoms with Crippen LogP contribution in [0.5, 0.6) is 5.75 Å². The van der Waals surface area contributed by atoms with Gasteiger partial charge < -0.3 is 9.72 Å². The smallest absolute Gasteiger partial charge is 0.406 e. The number of nitrogens with one attached hydrogen (secondary N) is 1. The first-order valence-corrected chi connectivity index (χ1v) is 4.77. The molecule has 0 unspecified atom stereocenters. The predicted molar refractivity (Wildman–Crippen MR) is 52.7 cm³/mol. The molecule has 0 spiro atoms. The van der Waals surface area contributed by atoms with Crippen LogP contribution in [0.1, 0.15) is 0 Å². The number of rotatable bonds is 1. The van der Waals surface area contributed by atoms with E-state index in [9.17, 15) is 13.2 Å². The molecule has 0 atom stereocenters. The highest BCUT2D eigenvalue weighted by Crippen LogP contribution is 2.31. The van der Waals surface area contributed by atoms with Crippen molar-refractivity contribution in [1.29, 1.82) is 0 Å². The molecular formula is C9H5BrF3NO.